The Bertz CT molecular complexity index is 639. The molecule has 9 heteroatoms. The number of aliphatic carboxylic acids is 1. The molecular weight excluding hydrogens is 328 g/mol. The van der Waals surface area contributed by atoms with Crippen molar-refractivity contribution >= 4 is 52.2 Å². The van der Waals surface area contributed by atoms with E-state index in [2.05, 4.69) is 5.32 Å². The van der Waals surface area contributed by atoms with Crippen molar-refractivity contribution in [2.75, 3.05) is 13.1 Å². The largest absolute Gasteiger partial charge is 0.481 e. The molecule has 0 saturated carbocycles. The van der Waals surface area contributed by atoms with E-state index in [1.165, 1.54) is 11.3 Å². The number of carboxylic acid groups (broad SMARTS) is 1. The van der Waals surface area contributed by atoms with Gasteiger partial charge in [0, 0.05) is 11.4 Å². The van der Waals surface area contributed by atoms with Gasteiger partial charge in [-0.2, -0.15) is 0 Å². The van der Waals surface area contributed by atoms with Crippen molar-refractivity contribution in [2.24, 2.45) is 0 Å². The lowest BCUT2D eigenvalue weighted by Gasteiger charge is -2.11. The van der Waals surface area contributed by atoms with Gasteiger partial charge in [-0.15, -0.1) is 11.3 Å². The van der Waals surface area contributed by atoms with E-state index in [1.807, 2.05) is 17.5 Å². The standard InChI is InChI=1S/C13H12N2O5S2/c16-10(14-4-3-11(17)18)7-15-12(19)9(22-13(15)20)6-8-2-1-5-21-8/h1-2,5-6H,3-4,7H2,(H,14,16)(H,17,18)/b9-6-. The Morgan fingerprint density at radius 1 is 1.36 bits per heavy atom. The van der Waals surface area contributed by atoms with Gasteiger partial charge in [0.25, 0.3) is 11.1 Å². The highest BCUT2D eigenvalue weighted by atomic mass is 32.2. The lowest BCUT2D eigenvalue weighted by atomic mass is 10.3. The molecule has 7 nitrogen and oxygen atoms in total. The summed E-state index contributed by atoms with van der Waals surface area (Å²) in [4.78, 5) is 47.8. The van der Waals surface area contributed by atoms with Crippen LogP contribution in [0.2, 0.25) is 0 Å². The van der Waals surface area contributed by atoms with Crippen LogP contribution >= 0.6 is 23.1 Å². The first-order valence-corrected chi connectivity index (χ1v) is 7.94. The minimum absolute atomic E-state index is 0.0462. The fourth-order valence-corrected chi connectivity index (χ4v) is 3.21. The Morgan fingerprint density at radius 3 is 2.77 bits per heavy atom. The number of carboxylic acids is 1. The molecule has 2 rings (SSSR count). The third-order valence-electron chi connectivity index (χ3n) is 2.65. The Morgan fingerprint density at radius 2 is 2.14 bits per heavy atom. The molecule has 3 amide bonds. The van der Waals surface area contributed by atoms with Gasteiger partial charge < -0.3 is 10.4 Å². The molecule has 0 unspecified atom stereocenters. The number of nitrogens with one attached hydrogen (secondary N) is 1. The van der Waals surface area contributed by atoms with Crippen LogP contribution in [0.5, 0.6) is 0 Å². The van der Waals surface area contributed by atoms with Crippen LogP contribution in [0.3, 0.4) is 0 Å². The molecule has 2 heterocycles. The van der Waals surface area contributed by atoms with Crippen LogP contribution in [-0.4, -0.2) is 46.1 Å². The molecule has 0 spiro atoms. The SMILES string of the molecule is O=C(O)CCNC(=O)CN1C(=O)S/C(=C\c2cccs2)C1=O. The van der Waals surface area contributed by atoms with Gasteiger partial charge in [0.1, 0.15) is 6.54 Å². The van der Waals surface area contributed by atoms with Crippen LogP contribution in [-0.2, 0) is 14.4 Å². The number of hydrogen-bond donors (Lipinski definition) is 2. The molecule has 0 atom stereocenters. The van der Waals surface area contributed by atoms with Crippen molar-refractivity contribution in [3.8, 4) is 0 Å². The number of imide groups is 1. The molecular formula is C13H12N2O5S2. The molecule has 1 fully saturated rings. The number of carbonyl (C=O) groups is 4. The first-order valence-electron chi connectivity index (χ1n) is 6.24. The normalized spacial score (nSPS) is 16.4. The summed E-state index contributed by atoms with van der Waals surface area (Å²) in [7, 11) is 0. The summed E-state index contributed by atoms with van der Waals surface area (Å²) >= 11 is 2.22. The third-order valence-corrected chi connectivity index (χ3v) is 4.38. The van der Waals surface area contributed by atoms with Crippen LogP contribution in [0.15, 0.2) is 22.4 Å². The molecule has 0 bridgehead atoms. The molecule has 1 aliphatic rings. The van der Waals surface area contributed by atoms with Crippen molar-refractivity contribution in [1.29, 1.82) is 0 Å². The summed E-state index contributed by atoms with van der Waals surface area (Å²) in [5.41, 5.74) is 0. The molecule has 0 aliphatic carbocycles. The van der Waals surface area contributed by atoms with E-state index in [0.29, 0.717) is 0 Å². The quantitative estimate of drug-likeness (QED) is 0.758. The molecule has 1 aliphatic heterocycles. The second-order valence-electron chi connectivity index (χ2n) is 4.28. The third kappa shape index (κ3) is 4.18. The van der Waals surface area contributed by atoms with Crippen LogP contribution in [0.1, 0.15) is 11.3 Å². The van der Waals surface area contributed by atoms with Gasteiger partial charge in [-0.3, -0.25) is 24.1 Å². The monoisotopic (exact) mass is 340 g/mol. The number of thioether (sulfide) groups is 1. The van der Waals surface area contributed by atoms with E-state index < -0.39 is 29.6 Å². The average molecular weight is 340 g/mol. The van der Waals surface area contributed by atoms with E-state index in [1.54, 1.807) is 6.08 Å². The fraction of sp³-hybridized carbons (Fsp3) is 0.231. The fourth-order valence-electron chi connectivity index (χ4n) is 1.65. The lowest BCUT2D eigenvalue weighted by molar-refractivity contribution is -0.137. The Kier molecular flexibility index (Phi) is 5.34. The zero-order valence-corrected chi connectivity index (χ0v) is 12.9. The Labute approximate surface area is 134 Å². The number of hydrogen-bond acceptors (Lipinski definition) is 6. The summed E-state index contributed by atoms with van der Waals surface area (Å²) in [6.45, 7) is -0.457. The zero-order valence-electron chi connectivity index (χ0n) is 11.3. The number of rotatable bonds is 6. The van der Waals surface area contributed by atoms with Crippen molar-refractivity contribution < 1.29 is 24.3 Å². The van der Waals surface area contributed by atoms with Crippen molar-refractivity contribution in [3.63, 3.8) is 0 Å². The summed E-state index contributed by atoms with van der Waals surface area (Å²) in [5.74, 6) is -2.12. The summed E-state index contributed by atoms with van der Waals surface area (Å²) in [6.07, 6.45) is 1.39. The van der Waals surface area contributed by atoms with E-state index in [4.69, 9.17) is 5.11 Å². The maximum Gasteiger partial charge on any atom is 0.305 e. The van der Waals surface area contributed by atoms with Crippen LogP contribution in [0.4, 0.5) is 4.79 Å². The van der Waals surface area contributed by atoms with Crippen LogP contribution < -0.4 is 5.32 Å². The minimum Gasteiger partial charge on any atom is -0.481 e. The second-order valence-corrected chi connectivity index (χ2v) is 6.25. The van der Waals surface area contributed by atoms with Crippen LogP contribution in [0.25, 0.3) is 6.08 Å². The van der Waals surface area contributed by atoms with Gasteiger partial charge in [-0.05, 0) is 29.3 Å². The topological polar surface area (TPSA) is 104 Å². The summed E-state index contributed by atoms with van der Waals surface area (Å²) in [5, 5.41) is 12.2. The van der Waals surface area contributed by atoms with Gasteiger partial charge in [0.2, 0.25) is 5.91 Å². The highest BCUT2D eigenvalue weighted by molar-refractivity contribution is 8.18. The smallest absolute Gasteiger partial charge is 0.305 e. The van der Waals surface area contributed by atoms with E-state index in [9.17, 15) is 19.2 Å². The Balaban J connectivity index is 1.94. The second kappa shape index (κ2) is 7.23. The molecule has 1 saturated heterocycles. The van der Waals surface area contributed by atoms with Crippen molar-refractivity contribution in [3.05, 3.63) is 27.3 Å². The molecule has 0 radical (unpaired) electrons. The first kappa shape index (κ1) is 16.2. The van der Waals surface area contributed by atoms with Crippen LogP contribution in [0, 0.1) is 0 Å². The Hall–Kier alpha value is -2.13. The molecule has 1 aromatic rings. The maximum atomic E-state index is 12.1. The highest BCUT2D eigenvalue weighted by Crippen LogP contribution is 2.32. The molecule has 22 heavy (non-hydrogen) atoms. The molecule has 0 aromatic carbocycles. The van der Waals surface area contributed by atoms with E-state index >= 15 is 0 Å². The van der Waals surface area contributed by atoms with Crippen molar-refractivity contribution in [1.82, 2.24) is 10.2 Å². The van der Waals surface area contributed by atoms with Gasteiger partial charge in [-0.25, -0.2) is 0 Å². The first-order chi connectivity index (χ1) is 10.5. The van der Waals surface area contributed by atoms with Gasteiger partial charge in [0.15, 0.2) is 0 Å². The number of carbonyl (C=O) groups excluding carboxylic acids is 3. The highest BCUT2D eigenvalue weighted by Gasteiger charge is 2.36. The molecule has 2 N–H and O–H groups in total. The lowest BCUT2D eigenvalue weighted by Crippen LogP contribution is -2.40. The number of nitrogens with zero attached hydrogens (tertiary/aromatic N) is 1. The van der Waals surface area contributed by atoms with Gasteiger partial charge in [-0.1, -0.05) is 6.07 Å². The maximum absolute atomic E-state index is 12.1. The number of amides is 3. The van der Waals surface area contributed by atoms with Gasteiger partial charge >= 0.3 is 5.97 Å². The average Bonchev–Trinajstić information content (AvgIpc) is 3.03. The molecule has 1 aromatic heterocycles. The number of thiophene rings is 1. The predicted octanol–water partition coefficient (Wildman–Crippen LogP) is 1.38. The van der Waals surface area contributed by atoms with E-state index in [0.717, 1.165) is 21.5 Å². The van der Waals surface area contributed by atoms with Crippen molar-refractivity contribution in [2.45, 2.75) is 6.42 Å². The summed E-state index contributed by atoms with van der Waals surface area (Å²) < 4.78 is 0. The predicted molar refractivity (Wildman–Crippen MR) is 82.3 cm³/mol. The zero-order chi connectivity index (χ0) is 16.1. The van der Waals surface area contributed by atoms with Gasteiger partial charge in [0.05, 0.1) is 11.3 Å². The minimum atomic E-state index is -1.04. The molecule has 116 valence electrons. The summed E-state index contributed by atoms with van der Waals surface area (Å²) in [6, 6.07) is 3.65. The van der Waals surface area contributed by atoms with E-state index in [-0.39, 0.29) is 17.9 Å².